The molecule has 0 bridgehead atoms. The molecule has 0 aromatic heterocycles. The molecule has 0 spiro atoms. The standard InChI is InChI=1S/C16H20O7/c1-2-3-9-13-10(15(21)23-16(13)22)6-8(4-5-17)11(18)7-12(19)14(9)20/h4,9-11,13,17-18H,2-3,5-7H2,1H3/b8-4-. The van der Waals surface area contributed by atoms with Crippen LogP contribution in [-0.2, 0) is 23.9 Å². The summed E-state index contributed by atoms with van der Waals surface area (Å²) >= 11 is 0. The van der Waals surface area contributed by atoms with Gasteiger partial charge in [-0.3, -0.25) is 19.2 Å². The number of rotatable bonds is 3. The molecule has 1 saturated carbocycles. The van der Waals surface area contributed by atoms with Crippen LogP contribution in [0.5, 0.6) is 0 Å². The van der Waals surface area contributed by atoms with Crippen LogP contribution >= 0.6 is 0 Å². The van der Waals surface area contributed by atoms with E-state index in [2.05, 4.69) is 4.74 Å². The highest BCUT2D eigenvalue weighted by Crippen LogP contribution is 2.39. The molecule has 2 rings (SSSR count). The van der Waals surface area contributed by atoms with Crippen LogP contribution in [0, 0.1) is 17.8 Å². The number of carbonyl (C=O) groups excluding carboxylic acids is 4. The molecule has 4 atom stereocenters. The third-order valence-corrected chi connectivity index (χ3v) is 4.47. The SMILES string of the molecule is CCCC1C(=O)C(=O)CC(O)/C(=C\CO)CC2C(=O)OC(=O)C21. The Labute approximate surface area is 133 Å². The maximum atomic E-state index is 12.4. The monoisotopic (exact) mass is 324 g/mol. The molecule has 0 radical (unpaired) electrons. The van der Waals surface area contributed by atoms with Crippen LogP contribution in [0.25, 0.3) is 0 Å². The summed E-state index contributed by atoms with van der Waals surface area (Å²) in [6.07, 6.45) is 0.476. The van der Waals surface area contributed by atoms with Gasteiger partial charge in [-0.05, 0) is 18.4 Å². The molecule has 4 unspecified atom stereocenters. The molecule has 126 valence electrons. The summed E-state index contributed by atoms with van der Waals surface area (Å²) in [5, 5.41) is 19.2. The van der Waals surface area contributed by atoms with Crippen molar-refractivity contribution in [2.75, 3.05) is 6.61 Å². The van der Waals surface area contributed by atoms with Crippen LogP contribution in [0.3, 0.4) is 0 Å². The third-order valence-electron chi connectivity index (χ3n) is 4.47. The molecule has 1 saturated heterocycles. The first-order valence-electron chi connectivity index (χ1n) is 7.71. The van der Waals surface area contributed by atoms with Crippen molar-refractivity contribution in [3.63, 3.8) is 0 Å². The van der Waals surface area contributed by atoms with Gasteiger partial charge in [-0.1, -0.05) is 19.4 Å². The molecule has 1 aliphatic carbocycles. The second-order valence-electron chi connectivity index (χ2n) is 5.94. The maximum absolute atomic E-state index is 12.4. The minimum Gasteiger partial charge on any atom is -0.393 e. The number of ether oxygens (including phenoxy) is 1. The van der Waals surface area contributed by atoms with E-state index in [0.29, 0.717) is 12.8 Å². The topological polar surface area (TPSA) is 118 Å². The summed E-state index contributed by atoms with van der Waals surface area (Å²) in [4.78, 5) is 48.5. The summed E-state index contributed by atoms with van der Waals surface area (Å²) in [7, 11) is 0. The van der Waals surface area contributed by atoms with E-state index in [-0.39, 0.29) is 18.6 Å². The fourth-order valence-corrected chi connectivity index (χ4v) is 3.33. The van der Waals surface area contributed by atoms with E-state index in [1.54, 1.807) is 0 Å². The smallest absolute Gasteiger partial charge is 0.318 e. The highest BCUT2D eigenvalue weighted by molar-refractivity contribution is 6.38. The Morgan fingerprint density at radius 3 is 2.48 bits per heavy atom. The average molecular weight is 324 g/mol. The van der Waals surface area contributed by atoms with Gasteiger partial charge in [0, 0.05) is 12.3 Å². The Bertz CT molecular complexity index is 563. The van der Waals surface area contributed by atoms with Gasteiger partial charge in [0.1, 0.15) is 0 Å². The summed E-state index contributed by atoms with van der Waals surface area (Å²) in [6.45, 7) is 1.43. The molecule has 7 heteroatoms. The zero-order chi connectivity index (χ0) is 17.1. The largest absolute Gasteiger partial charge is 0.393 e. The quantitative estimate of drug-likeness (QED) is 0.323. The van der Waals surface area contributed by atoms with Crippen molar-refractivity contribution in [3.05, 3.63) is 11.6 Å². The van der Waals surface area contributed by atoms with Gasteiger partial charge < -0.3 is 14.9 Å². The van der Waals surface area contributed by atoms with Crippen molar-refractivity contribution < 1.29 is 34.1 Å². The number of carbonyl (C=O) groups is 4. The number of aliphatic hydroxyl groups is 2. The number of fused-ring (bicyclic) bond motifs is 1. The Hall–Kier alpha value is -1.86. The van der Waals surface area contributed by atoms with Crippen LogP contribution < -0.4 is 0 Å². The summed E-state index contributed by atoms with van der Waals surface area (Å²) < 4.78 is 4.67. The fourth-order valence-electron chi connectivity index (χ4n) is 3.33. The summed E-state index contributed by atoms with van der Waals surface area (Å²) in [6, 6.07) is 0. The number of ketones is 2. The average Bonchev–Trinajstić information content (AvgIpc) is 2.78. The van der Waals surface area contributed by atoms with Gasteiger partial charge >= 0.3 is 11.9 Å². The molecule has 1 aliphatic heterocycles. The number of esters is 2. The predicted molar refractivity (Wildman–Crippen MR) is 76.9 cm³/mol. The minimum absolute atomic E-state index is 0.0161. The van der Waals surface area contributed by atoms with Crippen molar-refractivity contribution in [3.8, 4) is 0 Å². The molecule has 0 aromatic rings. The van der Waals surface area contributed by atoms with Crippen molar-refractivity contribution >= 4 is 23.5 Å². The summed E-state index contributed by atoms with van der Waals surface area (Å²) in [5.41, 5.74) is 0.271. The Kier molecular flexibility index (Phi) is 5.43. The zero-order valence-electron chi connectivity index (χ0n) is 12.9. The third kappa shape index (κ3) is 3.40. The van der Waals surface area contributed by atoms with Gasteiger partial charge in [0.05, 0.1) is 24.5 Å². The maximum Gasteiger partial charge on any atom is 0.318 e. The van der Waals surface area contributed by atoms with Gasteiger partial charge in [-0.2, -0.15) is 0 Å². The van der Waals surface area contributed by atoms with E-state index in [1.165, 1.54) is 6.08 Å². The highest BCUT2D eigenvalue weighted by Gasteiger charge is 2.52. The van der Waals surface area contributed by atoms with E-state index in [9.17, 15) is 24.3 Å². The number of hydrogen-bond acceptors (Lipinski definition) is 7. The molecule has 0 amide bonds. The van der Waals surface area contributed by atoms with Crippen LogP contribution in [0.4, 0.5) is 0 Å². The van der Waals surface area contributed by atoms with Gasteiger partial charge in [0.2, 0.25) is 11.6 Å². The zero-order valence-corrected chi connectivity index (χ0v) is 12.9. The lowest BCUT2D eigenvalue weighted by Crippen LogP contribution is -2.35. The van der Waals surface area contributed by atoms with Gasteiger partial charge in [0.25, 0.3) is 0 Å². The second-order valence-corrected chi connectivity index (χ2v) is 5.94. The van der Waals surface area contributed by atoms with Crippen molar-refractivity contribution in [2.45, 2.75) is 38.7 Å². The molecule has 2 fully saturated rings. The van der Waals surface area contributed by atoms with E-state index in [0.717, 1.165) is 0 Å². The molecule has 0 aromatic carbocycles. The molecular weight excluding hydrogens is 304 g/mol. The van der Waals surface area contributed by atoms with Crippen LogP contribution in [-0.4, -0.2) is 46.4 Å². The Morgan fingerprint density at radius 1 is 1.17 bits per heavy atom. The van der Waals surface area contributed by atoms with Crippen LogP contribution in [0.2, 0.25) is 0 Å². The normalized spacial score (nSPS) is 34.0. The lowest BCUT2D eigenvalue weighted by molar-refractivity contribution is -0.155. The van der Waals surface area contributed by atoms with Gasteiger partial charge in [-0.15, -0.1) is 0 Å². The molecule has 1 heterocycles. The minimum atomic E-state index is -1.26. The van der Waals surface area contributed by atoms with Crippen molar-refractivity contribution in [1.29, 1.82) is 0 Å². The predicted octanol–water partition coefficient (Wildman–Crippen LogP) is -0.0699. The number of aliphatic hydroxyl groups excluding tert-OH is 2. The first kappa shape index (κ1) is 17.5. The summed E-state index contributed by atoms with van der Waals surface area (Å²) in [5.74, 6) is -5.88. The molecule has 2 aliphatic rings. The van der Waals surface area contributed by atoms with Gasteiger partial charge in [0.15, 0.2) is 0 Å². The number of cyclic esters (lactones) is 2. The van der Waals surface area contributed by atoms with Gasteiger partial charge in [-0.25, -0.2) is 0 Å². The molecule has 2 N–H and O–H groups in total. The molecule has 7 nitrogen and oxygen atoms in total. The first-order valence-corrected chi connectivity index (χ1v) is 7.71. The van der Waals surface area contributed by atoms with E-state index < -0.39 is 53.8 Å². The second kappa shape index (κ2) is 7.14. The Morgan fingerprint density at radius 2 is 1.87 bits per heavy atom. The van der Waals surface area contributed by atoms with Crippen molar-refractivity contribution in [1.82, 2.24) is 0 Å². The highest BCUT2D eigenvalue weighted by atomic mass is 16.6. The lowest BCUT2D eigenvalue weighted by Gasteiger charge is -2.21. The molecular formula is C16H20O7. The Balaban J connectivity index is 2.48. The lowest BCUT2D eigenvalue weighted by atomic mass is 9.76. The van der Waals surface area contributed by atoms with E-state index in [1.807, 2.05) is 6.92 Å². The van der Waals surface area contributed by atoms with E-state index >= 15 is 0 Å². The molecule has 23 heavy (non-hydrogen) atoms. The van der Waals surface area contributed by atoms with Crippen molar-refractivity contribution in [2.24, 2.45) is 17.8 Å². The fraction of sp³-hybridized carbons (Fsp3) is 0.625. The van der Waals surface area contributed by atoms with Crippen LogP contribution in [0.15, 0.2) is 11.6 Å². The number of Topliss-reactive ketones (excluding diaryl/α,β-unsaturated/α-hetero) is 2. The number of hydrogen-bond donors (Lipinski definition) is 2. The first-order chi connectivity index (χ1) is 10.9. The van der Waals surface area contributed by atoms with Crippen LogP contribution in [0.1, 0.15) is 32.6 Å². The van der Waals surface area contributed by atoms with E-state index in [4.69, 9.17) is 5.11 Å².